The van der Waals surface area contributed by atoms with Crippen LogP contribution in [0.3, 0.4) is 0 Å². The molecule has 15 heteroatoms. The first-order chi connectivity index (χ1) is 13.3. The van der Waals surface area contributed by atoms with E-state index in [0.717, 1.165) is 19.4 Å². The lowest BCUT2D eigenvalue weighted by molar-refractivity contribution is -0.140. The molecule has 1 heterocycles. The predicted octanol–water partition coefficient (Wildman–Crippen LogP) is -4.48. The number of nitrogens with two attached hydrogens (primary N) is 4. The monoisotopic (exact) mass is 427 g/mol. The Morgan fingerprint density at radius 3 is 1.52 bits per heavy atom. The zero-order chi connectivity index (χ0) is 23.6. The maximum absolute atomic E-state index is 10.1. The number of aliphatic carboxylic acids is 4. The smallest absolute Gasteiger partial charge is 0.322 e. The van der Waals surface area contributed by atoms with E-state index in [-0.39, 0.29) is 19.0 Å². The lowest BCUT2D eigenvalue weighted by atomic mass is 10.2. The van der Waals surface area contributed by atoms with Crippen LogP contribution in [0.1, 0.15) is 19.3 Å². The molecule has 0 aromatic rings. The second-order valence-electron chi connectivity index (χ2n) is 5.33. The van der Waals surface area contributed by atoms with Gasteiger partial charge in [0, 0.05) is 0 Å². The SMILES string of the molecule is NC(=O)C[C@H](N)C(=O)O.NCC(=O)O.N[C@@H](CO)C(=O)O.O=C(O)[C@@H]1CCCN1. The number of primary amides is 1. The molecule has 1 rings (SSSR count). The summed E-state index contributed by atoms with van der Waals surface area (Å²) in [5.41, 5.74) is 18.9. The number of carbonyl (C=O) groups excluding carboxylic acids is 1. The Balaban J connectivity index is -0.000000317. The first-order valence-corrected chi connectivity index (χ1v) is 8.03. The Kier molecular flexibility index (Phi) is 19.7. The highest BCUT2D eigenvalue weighted by molar-refractivity contribution is 5.83. The van der Waals surface area contributed by atoms with Crippen molar-refractivity contribution in [3.8, 4) is 0 Å². The third kappa shape index (κ3) is 23.1. The highest BCUT2D eigenvalue weighted by Gasteiger charge is 2.20. The van der Waals surface area contributed by atoms with E-state index < -0.39 is 48.5 Å². The average Bonchev–Trinajstić information content (AvgIpc) is 3.16. The molecule has 0 aromatic heterocycles. The number of carboxylic acids is 4. The van der Waals surface area contributed by atoms with Crippen molar-refractivity contribution < 1.29 is 49.5 Å². The molecule has 0 unspecified atom stereocenters. The number of hydrogen-bond donors (Lipinski definition) is 10. The fraction of sp³-hybridized carbons (Fsp3) is 0.643. The van der Waals surface area contributed by atoms with Crippen LogP contribution in [0.15, 0.2) is 0 Å². The van der Waals surface area contributed by atoms with Crippen LogP contribution in [-0.4, -0.2) is 93.1 Å². The first-order valence-electron chi connectivity index (χ1n) is 8.03. The standard InChI is InChI=1S/C5H9NO2.C4H8N2O3.C3H7NO3.C2H5NO2/c7-5(8)4-2-1-3-6-4;5-2(4(8)9)1-3(6)7;4-2(1-5)3(6)7;3-1-2(4)5/h4,6H,1-3H2,(H,7,8);2H,1,5H2,(H2,6,7)(H,8,9);2,5H,1,4H2,(H,6,7);1,3H2,(H,4,5)/t4-;2*2-;/m000./s1. The number of amides is 1. The van der Waals surface area contributed by atoms with Crippen LogP contribution < -0.4 is 28.3 Å². The summed E-state index contributed by atoms with van der Waals surface area (Å²) < 4.78 is 0. The molecular weight excluding hydrogens is 398 g/mol. The first kappa shape index (κ1) is 30.9. The molecule has 0 aromatic carbocycles. The fourth-order valence-electron chi connectivity index (χ4n) is 1.28. The number of rotatable bonds is 7. The number of aliphatic hydroxyl groups excluding tert-OH is 1. The summed E-state index contributed by atoms with van der Waals surface area (Å²) in [5, 5.41) is 42.8. The average molecular weight is 427 g/mol. The van der Waals surface area contributed by atoms with Crippen molar-refractivity contribution in [1.82, 2.24) is 5.32 Å². The quantitative estimate of drug-likeness (QED) is 0.183. The summed E-state index contributed by atoms with van der Waals surface area (Å²) in [6.45, 7) is 0.0757. The van der Waals surface area contributed by atoms with Crippen molar-refractivity contribution in [2.24, 2.45) is 22.9 Å². The van der Waals surface area contributed by atoms with Gasteiger partial charge in [0.25, 0.3) is 0 Å². The summed E-state index contributed by atoms with van der Waals surface area (Å²) in [5.74, 6) is -4.78. The van der Waals surface area contributed by atoms with Gasteiger partial charge in [-0.15, -0.1) is 0 Å². The summed E-state index contributed by atoms with van der Waals surface area (Å²) >= 11 is 0. The summed E-state index contributed by atoms with van der Waals surface area (Å²) in [7, 11) is 0. The van der Waals surface area contributed by atoms with E-state index in [1.807, 2.05) is 0 Å². The number of carboxylic acid groups (broad SMARTS) is 4. The minimum atomic E-state index is -1.21. The largest absolute Gasteiger partial charge is 0.480 e. The minimum absolute atomic E-state index is 0.269. The Morgan fingerprint density at radius 1 is 0.966 bits per heavy atom. The van der Waals surface area contributed by atoms with Crippen molar-refractivity contribution in [2.45, 2.75) is 37.4 Å². The number of nitrogens with one attached hydrogen (secondary N) is 1. The topological polar surface area (TPSA) is 303 Å². The van der Waals surface area contributed by atoms with Gasteiger partial charge in [0.05, 0.1) is 19.6 Å². The molecule has 1 fully saturated rings. The zero-order valence-electron chi connectivity index (χ0n) is 15.6. The Morgan fingerprint density at radius 2 is 1.41 bits per heavy atom. The van der Waals surface area contributed by atoms with Gasteiger partial charge >= 0.3 is 23.9 Å². The molecule has 0 radical (unpaired) electrons. The highest BCUT2D eigenvalue weighted by atomic mass is 16.4. The van der Waals surface area contributed by atoms with E-state index >= 15 is 0 Å². The number of carbonyl (C=O) groups is 5. The molecule has 0 aliphatic carbocycles. The second-order valence-corrected chi connectivity index (χ2v) is 5.33. The van der Waals surface area contributed by atoms with Crippen LogP contribution in [0, 0.1) is 0 Å². The Bertz CT molecular complexity index is 525. The molecule has 3 atom stereocenters. The van der Waals surface area contributed by atoms with Crippen LogP contribution in [0.4, 0.5) is 0 Å². The number of hydrogen-bond acceptors (Lipinski definition) is 10. The van der Waals surface area contributed by atoms with Gasteiger partial charge in [-0.2, -0.15) is 0 Å². The third-order valence-electron chi connectivity index (χ3n) is 2.79. The van der Waals surface area contributed by atoms with Crippen molar-refractivity contribution >= 4 is 29.8 Å². The van der Waals surface area contributed by atoms with Crippen LogP contribution in [0.5, 0.6) is 0 Å². The van der Waals surface area contributed by atoms with E-state index in [1.54, 1.807) is 0 Å². The molecule has 0 saturated carbocycles. The van der Waals surface area contributed by atoms with Crippen molar-refractivity contribution in [3.63, 3.8) is 0 Å². The van der Waals surface area contributed by atoms with Gasteiger partial charge in [0.15, 0.2) is 0 Å². The van der Waals surface area contributed by atoms with Gasteiger partial charge in [-0.3, -0.25) is 24.0 Å². The van der Waals surface area contributed by atoms with Gasteiger partial charge < -0.3 is 53.8 Å². The van der Waals surface area contributed by atoms with Gasteiger partial charge in [-0.1, -0.05) is 0 Å². The Labute approximate surface area is 165 Å². The van der Waals surface area contributed by atoms with Gasteiger partial charge in [0.1, 0.15) is 18.1 Å². The maximum Gasteiger partial charge on any atom is 0.322 e. The van der Waals surface area contributed by atoms with E-state index in [2.05, 4.69) is 16.8 Å². The highest BCUT2D eigenvalue weighted by Crippen LogP contribution is 2.03. The van der Waals surface area contributed by atoms with E-state index in [4.69, 9.17) is 37.0 Å². The van der Waals surface area contributed by atoms with Gasteiger partial charge in [-0.05, 0) is 19.4 Å². The molecule has 1 aliphatic heterocycles. The third-order valence-corrected chi connectivity index (χ3v) is 2.79. The van der Waals surface area contributed by atoms with Gasteiger partial charge in [0.2, 0.25) is 5.91 Å². The van der Waals surface area contributed by atoms with E-state index in [9.17, 15) is 24.0 Å². The molecule has 29 heavy (non-hydrogen) atoms. The van der Waals surface area contributed by atoms with Crippen molar-refractivity contribution in [2.75, 3.05) is 19.7 Å². The van der Waals surface area contributed by atoms with Crippen LogP contribution >= 0.6 is 0 Å². The lowest BCUT2D eigenvalue weighted by Gasteiger charge is -1.99. The summed E-state index contributed by atoms with van der Waals surface area (Å²) in [4.78, 5) is 48.9. The fourth-order valence-corrected chi connectivity index (χ4v) is 1.28. The molecule has 1 saturated heterocycles. The van der Waals surface area contributed by atoms with Crippen molar-refractivity contribution in [3.05, 3.63) is 0 Å². The molecular formula is C14H29N5O10. The molecule has 1 amide bonds. The Hall–Kier alpha value is -2.85. The van der Waals surface area contributed by atoms with Crippen LogP contribution in [0.25, 0.3) is 0 Å². The normalized spacial score (nSPS) is 16.2. The van der Waals surface area contributed by atoms with E-state index in [1.165, 1.54) is 0 Å². The predicted molar refractivity (Wildman–Crippen MR) is 97.5 cm³/mol. The second kappa shape index (κ2) is 18.5. The number of aliphatic hydroxyl groups is 1. The van der Waals surface area contributed by atoms with Crippen LogP contribution in [-0.2, 0) is 24.0 Å². The lowest BCUT2D eigenvalue weighted by Crippen LogP contribution is -2.34. The maximum atomic E-state index is 10.1. The van der Waals surface area contributed by atoms with Gasteiger partial charge in [-0.25, -0.2) is 0 Å². The molecule has 15 nitrogen and oxygen atoms in total. The van der Waals surface area contributed by atoms with Crippen molar-refractivity contribution in [1.29, 1.82) is 0 Å². The molecule has 0 spiro atoms. The molecule has 14 N–H and O–H groups in total. The summed E-state index contributed by atoms with van der Waals surface area (Å²) in [6.07, 6.45) is 1.47. The minimum Gasteiger partial charge on any atom is -0.480 e. The van der Waals surface area contributed by atoms with E-state index in [0.29, 0.717) is 0 Å². The summed E-state index contributed by atoms with van der Waals surface area (Å²) in [6, 6.07) is -2.56. The molecule has 1 aliphatic rings. The molecule has 170 valence electrons. The van der Waals surface area contributed by atoms with Crippen LogP contribution in [0.2, 0.25) is 0 Å². The zero-order valence-corrected chi connectivity index (χ0v) is 15.6. The molecule has 0 bridgehead atoms.